The molecule has 0 saturated heterocycles. The molecule has 0 unspecified atom stereocenters. The van der Waals surface area contributed by atoms with Crippen LogP contribution in [-0.4, -0.2) is 35.3 Å². The van der Waals surface area contributed by atoms with Crippen molar-refractivity contribution < 1.29 is 40.0 Å². The number of halogens is 3. The minimum absolute atomic E-state index is 0.0241. The van der Waals surface area contributed by atoms with E-state index in [1.54, 1.807) is 0 Å². The fourth-order valence-electron chi connectivity index (χ4n) is 2.12. The van der Waals surface area contributed by atoms with Gasteiger partial charge in [-0.25, -0.2) is 0 Å². The van der Waals surface area contributed by atoms with Gasteiger partial charge >= 0.3 is 15.6 Å². The van der Waals surface area contributed by atoms with Crippen molar-refractivity contribution >= 4 is 20.9 Å². The van der Waals surface area contributed by atoms with E-state index in [2.05, 4.69) is 4.18 Å². The highest BCUT2D eigenvalue weighted by Gasteiger charge is 2.48. The smallest absolute Gasteiger partial charge is 0.496 e. The van der Waals surface area contributed by atoms with Gasteiger partial charge in [-0.05, 0) is 24.3 Å². The van der Waals surface area contributed by atoms with Gasteiger partial charge in [-0.3, -0.25) is 0 Å². The Labute approximate surface area is 135 Å². The van der Waals surface area contributed by atoms with Gasteiger partial charge in [-0.1, -0.05) is 0 Å². The average molecular weight is 366 g/mol. The van der Waals surface area contributed by atoms with Gasteiger partial charge in [0.1, 0.15) is 17.2 Å². The van der Waals surface area contributed by atoms with Crippen LogP contribution in [0.3, 0.4) is 0 Å². The Morgan fingerprint density at radius 3 is 1.42 bits per heavy atom. The molecule has 0 radical (unpaired) electrons. The molecule has 0 aliphatic rings. The van der Waals surface area contributed by atoms with Gasteiger partial charge in [0.05, 0.1) is 32.1 Å². The van der Waals surface area contributed by atoms with Crippen LogP contribution in [0.1, 0.15) is 0 Å². The first kappa shape index (κ1) is 18.0. The molecular formula is C14H13F3O6S. The quantitative estimate of drug-likeness (QED) is 0.598. The van der Waals surface area contributed by atoms with Crippen molar-refractivity contribution in [1.82, 2.24) is 0 Å². The molecule has 6 nitrogen and oxygen atoms in total. The van der Waals surface area contributed by atoms with Crippen molar-refractivity contribution in [3.05, 3.63) is 24.3 Å². The zero-order valence-electron chi connectivity index (χ0n) is 12.8. The second kappa shape index (κ2) is 6.27. The summed E-state index contributed by atoms with van der Waals surface area (Å²) in [5.41, 5.74) is -5.56. The third-order valence-electron chi connectivity index (χ3n) is 3.15. The van der Waals surface area contributed by atoms with Gasteiger partial charge in [0.2, 0.25) is 0 Å². The first-order chi connectivity index (χ1) is 11.2. The number of hydrogen-bond donors (Lipinski definition) is 0. The van der Waals surface area contributed by atoms with Crippen molar-refractivity contribution in [1.29, 1.82) is 0 Å². The molecule has 0 bridgehead atoms. The number of alkyl halides is 3. The van der Waals surface area contributed by atoms with E-state index in [9.17, 15) is 21.6 Å². The molecule has 0 aromatic heterocycles. The molecule has 24 heavy (non-hydrogen) atoms. The van der Waals surface area contributed by atoms with Crippen LogP contribution >= 0.6 is 0 Å². The van der Waals surface area contributed by atoms with E-state index < -0.39 is 21.4 Å². The van der Waals surface area contributed by atoms with Gasteiger partial charge in [-0.15, -0.1) is 0 Å². The Bertz CT molecular complexity index is 851. The molecule has 2 rings (SSSR count). The monoisotopic (exact) mass is 366 g/mol. The number of hydrogen-bond acceptors (Lipinski definition) is 6. The van der Waals surface area contributed by atoms with Gasteiger partial charge in [0.25, 0.3) is 0 Å². The molecule has 0 amide bonds. The predicted molar refractivity (Wildman–Crippen MR) is 79.2 cm³/mol. The van der Waals surface area contributed by atoms with Crippen molar-refractivity contribution in [3.63, 3.8) is 0 Å². The molecule has 0 heterocycles. The Morgan fingerprint density at radius 2 is 1.08 bits per heavy atom. The summed E-state index contributed by atoms with van der Waals surface area (Å²) in [5, 5.41) is 0.193. The molecule has 2 aromatic rings. The van der Waals surface area contributed by atoms with Crippen molar-refractivity contribution in [2.24, 2.45) is 0 Å². The van der Waals surface area contributed by atoms with Crippen molar-refractivity contribution in [2.45, 2.75) is 5.51 Å². The molecule has 2 aromatic carbocycles. The lowest BCUT2D eigenvalue weighted by Gasteiger charge is -2.17. The summed E-state index contributed by atoms with van der Waals surface area (Å²) in [6.07, 6.45) is 0. The van der Waals surface area contributed by atoms with Crippen LogP contribution in [0, 0.1) is 0 Å². The highest BCUT2D eigenvalue weighted by atomic mass is 32.2. The molecule has 0 atom stereocenters. The maximum Gasteiger partial charge on any atom is 0.534 e. The van der Waals surface area contributed by atoms with Gasteiger partial charge in [-0.2, -0.15) is 21.6 Å². The zero-order valence-corrected chi connectivity index (χ0v) is 13.6. The molecular weight excluding hydrogens is 353 g/mol. The summed E-state index contributed by atoms with van der Waals surface area (Å²) >= 11 is 0. The summed E-state index contributed by atoms with van der Waals surface area (Å²) < 4.78 is 80.1. The molecule has 10 heteroatoms. The van der Waals surface area contributed by atoms with Crippen LogP contribution in [0.4, 0.5) is 13.2 Å². The SMILES string of the molecule is COc1ccc(OC)c2c(OS(=O)(=O)C(F)(F)F)ccc(OC)c12. The summed E-state index contributed by atoms with van der Waals surface area (Å²) in [6, 6.07) is 5.23. The number of benzene rings is 2. The maximum absolute atomic E-state index is 12.6. The normalized spacial score (nSPS) is 12.1. The minimum atomic E-state index is -5.84. The third kappa shape index (κ3) is 3.01. The number of fused-ring (bicyclic) bond motifs is 1. The number of methoxy groups -OCH3 is 3. The minimum Gasteiger partial charge on any atom is -0.496 e. The molecule has 0 aliphatic carbocycles. The van der Waals surface area contributed by atoms with E-state index in [-0.39, 0.29) is 28.0 Å². The van der Waals surface area contributed by atoms with Crippen molar-refractivity contribution in [3.8, 4) is 23.0 Å². The molecule has 0 N–H and O–H groups in total. The van der Waals surface area contributed by atoms with Gasteiger partial charge in [0.15, 0.2) is 5.75 Å². The van der Waals surface area contributed by atoms with Crippen LogP contribution in [0.25, 0.3) is 10.8 Å². The Morgan fingerprint density at radius 1 is 0.750 bits per heavy atom. The van der Waals surface area contributed by atoms with Crippen LogP contribution in [0.2, 0.25) is 0 Å². The third-order valence-corrected chi connectivity index (χ3v) is 4.12. The molecule has 0 spiro atoms. The Kier molecular flexibility index (Phi) is 4.70. The number of rotatable bonds is 5. The predicted octanol–water partition coefficient (Wildman–Crippen LogP) is 3.09. The van der Waals surface area contributed by atoms with Crippen LogP contribution in [-0.2, 0) is 10.1 Å². The summed E-state index contributed by atoms with van der Waals surface area (Å²) in [4.78, 5) is 0. The second-order valence-corrected chi connectivity index (χ2v) is 6.01. The summed E-state index contributed by atoms with van der Waals surface area (Å²) in [6.45, 7) is 0. The van der Waals surface area contributed by atoms with Crippen LogP contribution in [0.5, 0.6) is 23.0 Å². The van der Waals surface area contributed by atoms with Crippen molar-refractivity contribution in [2.75, 3.05) is 21.3 Å². The lowest BCUT2D eigenvalue weighted by atomic mass is 10.1. The lowest BCUT2D eigenvalue weighted by molar-refractivity contribution is -0.0499. The van der Waals surface area contributed by atoms with E-state index in [1.807, 2.05) is 0 Å². The van der Waals surface area contributed by atoms with E-state index in [4.69, 9.17) is 14.2 Å². The van der Waals surface area contributed by atoms with Gasteiger partial charge < -0.3 is 18.4 Å². The zero-order chi connectivity index (χ0) is 18.1. The fraction of sp³-hybridized carbons (Fsp3) is 0.286. The first-order valence-corrected chi connectivity index (χ1v) is 7.79. The lowest BCUT2D eigenvalue weighted by Crippen LogP contribution is -2.28. The van der Waals surface area contributed by atoms with Gasteiger partial charge in [0, 0.05) is 0 Å². The average Bonchev–Trinajstić information content (AvgIpc) is 2.52. The van der Waals surface area contributed by atoms with Crippen LogP contribution < -0.4 is 18.4 Å². The van der Waals surface area contributed by atoms with E-state index in [0.717, 1.165) is 6.07 Å². The van der Waals surface area contributed by atoms with Crippen LogP contribution in [0.15, 0.2) is 24.3 Å². The molecule has 0 aliphatic heterocycles. The van der Waals surface area contributed by atoms with E-state index in [0.29, 0.717) is 0 Å². The Hall–Kier alpha value is -2.36. The highest BCUT2D eigenvalue weighted by Crippen LogP contribution is 2.45. The standard InChI is InChI=1S/C14H13F3O6S/c1-20-8-4-5-10(22-3)13-11(7-6-9(21-2)12(8)13)23-24(18,19)14(15,16)17/h4-7H,1-3H3. The molecule has 0 saturated carbocycles. The summed E-state index contributed by atoms with van der Waals surface area (Å²) in [7, 11) is -1.87. The number of ether oxygens (including phenoxy) is 3. The molecule has 132 valence electrons. The molecule has 0 fully saturated rings. The second-order valence-electron chi connectivity index (χ2n) is 4.47. The topological polar surface area (TPSA) is 71.1 Å². The first-order valence-electron chi connectivity index (χ1n) is 6.38. The Balaban J connectivity index is 2.81. The van der Waals surface area contributed by atoms with E-state index >= 15 is 0 Å². The fourth-order valence-corrected chi connectivity index (χ4v) is 2.59. The maximum atomic E-state index is 12.6. The summed E-state index contributed by atoms with van der Waals surface area (Å²) in [5.74, 6) is 0.0333. The highest BCUT2D eigenvalue weighted by molar-refractivity contribution is 7.88. The van der Waals surface area contributed by atoms with E-state index in [1.165, 1.54) is 39.5 Å². The largest absolute Gasteiger partial charge is 0.534 e.